The molecule has 0 radical (unpaired) electrons. The molecule has 1 atom stereocenters. The number of benzene rings is 1. The highest BCUT2D eigenvalue weighted by molar-refractivity contribution is 5.60. The van der Waals surface area contributed by atoms with Crippen molar-refractivity contribution in [1.82, 2.24) is 9.97 Å². The summed E-state index contributed by atoms with van der Waals surface area (Å²) < 4.78 is 5.18. The molecule has 0 saturated carbocycles. The van der Waals surface area contributed by atoms with E-state index in [0.29, 0.717) is 6.04 Å². The average Bonchev–Trinajstić information content (AvgIpc) is 2.62. The van der Waals surface area contributed by atoms with Crippen molar-refractivity contribution in [2.24, 2.45) is 0 Å². The number of aromatic nitrogens is 2. The maximum atomic E-state index is 5.18. The van der Waals surface area contributed by atoms with Crippen molar-refractivity contribution in [2.75, 3.05) is 23.9 Å². The van der Waals surface area contributed by atoms with Gasteiger partial charge in [-0.2, -0.15) is 0 Å². The minimum Gasteiger partial charge on any atom is -0.497 e. The lowest BCUT2D eigenvalue weighted by Gasteiger charge is -2.36. The summed E-state index contributed by atoms with van der Waals surface area (Å²) in [4.78, 5) is 11.2. The van der Waals surface area contributed by atoms with Gasteiger partial charge in [-0.1, -0.05) is 6.92 Å². The molecule has 23 heavy (non-hydrogen) atoms. The number of methoxy groups -OCH3 is 1. The van der Waals surface area contributed by atoms with E-state index in [1.54, 1.807) is 13.4 Å². The van der Waals surface area contributed by atoms with Gasteiger partial charge < -0.3 is 15.0 Å². The molecule has 2 heterocycles. The van der Waals surface area contributed by atoms with Gasteiger partial charge in [0.15, 0.2) is 0 Å². The fourth-order valence-electron chi connectivity index (χ4n) is 3.12. The number of nitrogens with one attached hydrogen (secondary N) is 1. The molecule has 3 rings (SSSR count). The summed E-state index contributed by atoms with van der Waals surface area (Å²) in [5.74, 6) is 2.68. The lowest BCUT2D eigenvalue weighted by molar-refractivity contribution is 0.415. The highest BCUT2D eigenvalue weighted by Gasteiger charge is 2.22. The van der Waals surface area contributed by atoms with Crippen molar-refractivity contribution in [3.8, 4) is 5.75 Å². The predicted molar refractivity (Wildman–Crippen MR) is 93.6 cm³/mol. The van der Waals surface area contributed by atoms with Crippen LogP contribution in [-0.2, 0) is 0 Å². The van der Waals surface area contributed by atoms with Gasteiger partial charge in [-0.25, -0.2) is 9.97 Å². The van der Waals surface area contributed by atoms with Gasteiger partial charge >= 0.3 is 0 Å². The normalized spacial score (nSPS) is 17.8. The fraction of sp³-hybridized carbons (Fsp3) is 0.444. The first-order valence-electron chi connectivity index (χ1n) is 8.30. The van der Waals surface area contributed by atoms with Crippen LogP contribution in [-0.4, -0.2) is 29.7 Å². The van der Waals surface area contributed by atoms with E-state index in [-0.39, 0.29) is 0 Å². The van der Waals surface area contributed by atoms with Crippen LogP contribution >= 0.6 is 0 Å². The second-order valence-corrected chi connectivity index (χ2v) is 5.87. The van der Waals surface area contributed by atoms with Crippen LogP contribution in [0.25, 0.3) is 0 Å². The van der Waals surface area contributed by atoms with Crippen LogP contribution in [0.4, 0.5) is 17.3 Å². The van der Waals surface area contributed by atoms with Gasteiger partial charge in [-0.15, -0.1) is 0 Å². The molecule has 0 aliphatic carbocycles. The van der Waals surface area contributed by atoms with Gasteiger partial charge in [-0.05, 0) is 49.9 Å². The van der Waals surface area contributed by atoms with Gasteiger partial charge in [0, 0.05) is 24.3 Å². The van der Waals surface area contributed by atoms with Crippen molar-refractivity contribution < 1.29 is 4.74 Å². The number of nitrogens with zero attached hydrogens (tertiary/aromatic N) is 3. The third kappa shape index (κ3) is 3.73. The quantitative estimate of drug-likeness (QED) is 0.904. The van der Waals surface area contributed by atoms with Crippen molar-refractivity contribution >= 4 is 17.3 Å². The summed E-state index contributed by atoms with van der Waals surface area (Å²) >= 11 is 0. The summed E-state index contributed by atoms with van der Waals surface area (Å²) in [6.45, 7) is 3.33. The Labute approximate surface area is 137 Å². The first-order chi connectivity index (χ1) is 11.3. The standard InChI is InChI=1S/C18H24N4O/c1-3-15-6-4-5-11-22(15)18-12-17(19-13-20-18)21-14-7-9-16(23-2)10-8-14/h7-10,12-13,15H,3-6,11H2,1-2H3,(H,19,20,21). The maximum Gasteiger partial charge on any atom is 0.135 e. The number of ether oxygens (including phenoxy) is 1. The summed E-state index contributed by atoms with van der Waals surface area (Å²) in [6, 6.07) is 10.5. The zero-order valence-electron chi connectivity index (χ0n) is 13.8. The van der Waals surface area contributed by atoms with Crippen LogP contribution in [0.15, 0.2) is 36.7 Å². The molecule has 1 aliphatic rings. The second kappa shape index (κ2) is 7.31. The molecule has 1 aromatic heterocycles. The minimum absolute atomic E-state index is 0.590. The molecule has 0 amide bonds. The molecule has 5 nitrogen and oxygen atoms in total. The summed E-state index contributed by atoms with van der Waals surface area (Å²) in [6.07, 6.45) is 6.61. The molecule has 2 aromatic rings. The largest absolute Gasteiger partial charge is 0.497 e. The van der Waals surface area contributed by atoms with Crippen LogP contribution in [0.1, 0.15) is 32.6 Å². The first kappa shape index (κ1) is 15.6. The molecule has 1 fully saturated rings. The molecule has 0 spiro atoms. The van der Waals surface area contributed by atoms with Crippen LogP contribution in [0, 0.1) is 0 Å². The van der Waals surface area contributed by atoms with Crippen molar-refractivity contribution in [2.45, 2.75) is 38.6 Å². The summed E-state index contributed by atoms with van der Waals surface area (Å²) in [5, 5.41) is 3.33. The Balaban J connectivity index is 1.76. The summed E-state index contributed by atoms with van der Waals surface area (Å²) in [7, 11) is 1.67. The Morgan fingerprint density at radius 1 is 1.22 bits per heavy atom. The third-order valence-electron chi connectivity index (χ3n) is 4.41. The van der Waals surface area contributed by atoms with Crippen LogP contribution in [0.3, 0.4) is 0 Å². The molecular formula is C18H24N4O. The number of piperidine rings is 1. The number of rotatable bonds is 5. The van der Waals surface area contributed by atoms with Crippen molar-refractivity contribution in [3.05, 3.63) is 36.7 Å². The maximum absolute atomic E-state index is 5.18. The molecule has 1 unspecified atom stereocenters. The average molecular weight is 312 g/mol. The predicted octanol–water partition coefficient (Wildman–Crippen LogP) is 4.00. The SMILES string of the molecule is CCC1CCCCN1c1cc(Nc2ccc(OC)cc2)ncn1. The number of hydrogen-bond donors (Lipinski definition) is 1. The van der Waals surface area contributed by atoms with E-state index in [1.165, 1.54) is 19.3 Å². The van der Waals surface area contributed by atoms with Crippen molar-refractivity contribution in [1.29, 1.82) is 0 Å². The molecular weight excluding hydrogens is 288 g/mol. The van der Waals surface area contributed by atoms with E-state index in [9.17, 15) is 0 Å². The molecule has 5 heteroatoms. The zero-order chi connectivity index (χ0) is 16.1. The van der Waals surface area contributed by atoms with Gasteiger partial charge in [0.05, 0.1) is 7.11 Å². The lowest BCUT2D eigenvalue weighted by Crippen LogP contribution is -2.39. The fourth-order valence-corrected chi connectivity index (χ4v) is 3.12. The first-order valence-corrected chi connectivity index (χ1v) is 8.30. The smallest absolute Gasteiger partial charge is 0.135 e. The van der Waals surface area contributed by atoms with E-state index < -0.39 is 0 Å². The Morgan fingerprint density at radius 2 is 2.04 bits per heavy atom. The minimum atomic E-state index is 0.590. The molecule has 122 valence electrons. The van der Waals surface area contributed by atoms with Gasteiger partial charge in [0.25, 0.3) is 0 Å². The molecule has 1 aliphatic heterocycles. The molecule has 1 saturated heterocycles. The topological polar surface area (TPSA) is 50.3 Å². The Hall–Kier alpha value is -2.30. The van der Waals surface area contributed by atoms with Gasteiger partial charge in [0.2, 0.25) is 0 Å². The van der Waals surface area contributed by atoms with Gasteiger partial charge in [-0.3, -0.25) is 0 Å². The molecule has 1 N–H and O–H groups in total. The van der Waals surface area contributed by atoms with Gasteiger partial charge in [0.1, 0.15) is 23.7 Å². The van der Waals surface area contributed by atoms with E-state index >= 15 is 0 Å². The van der Waals surface area contributed by atoms with Crippen LogP contribution in [0.5, 0.6) is 5.75 Å². The number of hydrogen-bond acceptors (Lipinski definition) is 5. The van der Waals surface area contributed by atoms with E-state index in [1.807, 2.05) is 30.3 Å². The van der Waals surface area contributed by atoms with E-state index in [2.05, 4.69) is 27.1 Å². The highest BCUT2D eigenvalue weighted by atomic mass is 16.5. The Bertz CT molecular complexity index is 629. The van der Waals surface area contributed by atoms with Crippen LogP contribution in [0.2, 0.25) is 0 Å². The van der Waals surface area contributed by atoms with Crippen molar-refractivity contribution in [3.63, 3.8) is 0 Å². The zero-order valence-corrected chi connectivity index (χ0v) is 13.8. The van der Waals surface area contributed by atoms with E-state index in [4.69, 9.17) is 4.74 Å². The summed E-state index contributed by atoms with van der Waals surface area (Å²) in [5.41, 5.74) is 0.987. The Kier molecular flexibility index (Phi) is 4.95. The van der Waals surface area contributed by atoms with E-state index in [0.717, 1.165) is 36.0 Å². The number of anilines is 3. The highest BCUT2D eigenvalue weighted by Crippen LogP contribution is 2.27. The third-order valence-corrected chi connectivity index (χ3v) is 4.41. The molecule has 1 aromatic carbocycles. The Morgan fingerprint density at radius 3 is 2.78 bits per heavy atom. The second-order valence-electron chi connectivity index (χ2n) is 5.87. The van der Waals surface area contributed by atoms with Crippen LogP contribution < -0.4 is 15.0 Å². The lowest BCUT2D eigenvalue weighted by atomic mass is 10.0. The monoisotopic (exact) mass is 312 g/mol. The molecule has 0 bridgehead atoms.